The minimum Gasteiger partial charge on any atom is -0.481 e. The summed E-state index contributed by atoms with van der Waals surface area (Å²) in [5.74, 6) is -1.45. The van der Waals surface area contributed by atoms with Crippen molar-refractivity contribution in [3.63, 3.8) is 0 Å². The Morgan fingerprint density at radius 2 is 2.05 bits per heavy atom. The zero-order chi connectivity index (χ0) is 15.6. The van der Waals surface area contributed by atoms with Crippen molar-refractivity contribution in [2.45, 2.75) is 32.2 Å². The van der Waals surface area contributed by atoms with Gasteiger partial charge in [-0.1, -0.05) is 0 Å². The van der Waals surface area contributed by atoms with Crippen LogP contribution in [0.2, 0.25) is 0 Å². The number of carbonyl (C=O) groups is 2. The van der Waals surface area contributed by atoms with Gasteiger partial charge in [-0.3, -0.25) is 9.59 Å². The predicted molar refractivity (Wildman–Crippen MR) is 73.9 cm³/mol. The zero-order valence-electron chi connectivity index (χ0n) is 11.8. The Balaban J connectivity index is 2.65. The molecule has 3 N–H and O–H groups in total. The Bertz CT molecular complexity index is 490. The van der Waals surface area contributed by atoms with Gasteiger partial charge in [-0.15, -0.1) is 0 Å². The number of carbonyl (C=O) groups excluding carboxylic acids is 1. The van der Waals surface area contributed by atoms with Crippen LogP contribution in [0.5, 0.6) is 0 Å². The molecule has 1 rings (SSSR count). The van der Waals surface area contributed by atoms with Gasteiger partial charge in [-0.05, 0) is 26.2 Å². The average molecular weight is 306 g/mol. The van der Waals surface area contributed by atoms with Crippen LogP contribution in [0.15, 0.2) is 0 Å². The molecular formula is C12H22N2O5S. The van der Waals surface area contributed by atoms with E-state index in [1.165, 1.54) is 4.90 Å². The first kappa shape index (κ1) is 16.9. The highest BCUT2D eigenvalue weighted by molar-refractivity contribution is 7.90. The molecule has 1 saturated heterocycles. The van der Waals surface area contributed by atoms with Crippen molar-refractivity contribution in [1.29, 1.82) is 0 Å². The molecule has 2 atom stereocenters. The fraction of sp³-hybridized carbons (Fsp3) is 0.833. The van der Waals surface area contributed by atoms with E-state index in [4.69, 9.17) is 5.73 Å². The lowest BCUT2D eigenvalue weighted by atomic mass is 9.82. The van der Waals surface area contributed by atoms with E-state index >= 15 is 0 Å². The number of sulfone groups is 1. The molecule has 0 saturated carbocycles. The number of hydrogen-bond donors (Lipinski definition) is 2. The molecule has 1 aliphatic rings. The lowest BCUT2D eigenvalue weighted by molar-refractivity contribution is -0.153. The third kappa shape index (κ3) is 4.45. The van der Waals surface area contributed by atoms with Crippen LogP contribution in [0.4, 0.5) is 0 Å². The number of carboxylic acids is 1. The number of nitrogens with two attached hydrogens (primary N) is 1. The Hall–Kier alpha value is -1.15. The second-order valence-corrected chi connectivity index (χ2v) is 8.01. The van der Waals surface area contributed by atoms with Crippen molar-refractivity contribution in [1.82, 2.24) is 4.90 Å². The van der Waals surface area contributed by atoms with Gasteiger partial charge in [0.15, 0.2) is 0 Å². The number of likely N-dealkylation sites (tertiary alicyclic amines) is 1. The number of aliphatic carboxylic acids is 1. The second-order valence-electron chi connectivity index (χ2n) is 5.75. The summed E-state index contributed by atoms with van der Waals surface area (Å²) in [6.07, 6.45) is 2.27. The summed E-state index contributed by atoms with van der Waals surface area (Å²) in [7, 11) is -3.16. The molecule has 1 amide bonds. The van der Waals surface area contributed by atoms with Crippen LogP contribution >= 0.6 is 0 Å². The molecule has 1 aliphatic heterocycles. The lowest BCUT2D eigenvalue weighted by Gasteiger charge is -2.38. The van der Waals surface area contributed by atoms with Crippen LogP contribution in [0.3, 0.4) is 0 Å². The van der Waals surface area contributed by atoms with E-state index in [0.717, 1.165) is 6.26 Å². The largest absolute Gasteiger partial charge is 0.481 e. The van der Waals surface area contributed by atoms with Gasteiger partial charge in [-0.2, -0.15) is 0 Å². The molecule has 0 aliphatic carbocycles. The van der Waals surface area contributed by atoms with E-state index in [9.17, 15) is 23.1 Å². The van der Waals surface area contributed by atoms with E-state index in [-0.39, 0.29) is 24.6 Å². The van der Waals surface area contributed by atoms with E-state index in [1.54, 1.807) is 6.92 Å². The minimum atomic E-state index is -3.16. The first-order valence-electron chi connectivity index (χ1n) is 6.51. The molecule has 116 valence electrons. The molecule has 0 aromatic rings. The van der Waals surface area contributed by atoms with Crippen LogP contribution in [0.1, 0.15) is 26.2 Å². The number of amides is 1. The van der Waals surface area contributed by atoms with Crippen LogP contribution in [-0.2, 0) is 19.4 Å². The summed E-state index contributed by atoms with van der Waals surface area (Å²) in [4.78, 5) is 24.8. The molecular weight excluding hydrogens is 284 g/mol. The maximum Gasteiger partial charge on any atom is 0.311 e. The summed E-state index contributed by atoms with van der Waals surface area (Å²) in [6, 6.07) is -0.902. The Morgan fingerprint density at radius 3 is 2.55 bits per heavy atom. The van der Waals surface area contributed by atoms with E-state index in [2.05, 4.69) is 0 Å². The topological polar surface area (TPSA) is 118 Å². The van der Waals surface area contributed by atoms with E-state index in [1.807, 2.05) is 0 Å². The number of hydrogen-bond acceptors (Lipinski definition) is 5. The molecule has 2 unspecified atom stereocenters. The normalized spacial score (nSPS) is 25.2. The highest BCUT2D eigenvalue weighted by Gasteiger charge is 2.40. The summed E-state index contributed by atoms with van der Waals surface area (Å²) in [6.45, 7) is 2.19. The molecule has 0 aromatic heterocycles. The van der Waals surface area contributed by atoms with Gasteiger partial charge in [0.1, 0.15) is 9.84 Å². The molecule has 8 heteroatoms. The molecule has 0 spiro atoms. The van der Waals surface area contributed by atoms with Gasteiger partial charge in [0, 0.05) is 19.3 Å². The smallest absolute Gasteiger partial charge is 0.311 e. The Morgan fingerprint density at radius 1 is 1.45 bits per heavy atom. The van der Waals surface area contributed by atoms with Crippen molar-refractivity contribution >= 4 is 21.7 Å². The first-order valence-corrected chi connectivity index (χ1v) is 8.57. The zero-order valence-corrected chi connectivity index (χ0v) is 12.6. The van der Waals surface area contributed by atoms with Gasteiger partial charge in [0.05, 0.1) is 17.2 Å². The molecule has 0 radical (unpaired) electrons. The summed E-state index contributed by atoms with van der Waals surface area (Å²) >= 11 is 0. The van der Waals surface area contributed by atoms with Crippen molar-refractivity contribution in [2.75, 3.05) is 25.1 Å². The SMILES string of the molecule is CC1(C(=O)O)CCCN(C(=O)C(N)CCS(C)(=O)=O)C1. The molecule has 0 bridgehead atoms. The van der Waals surface area contributed by atoms with Crippen molar-refractivity contribution in [2.24, 2.45) is 11.1 Å². The number of carboxylic acid groups (broad SMARTS) is 1. The highest BCUT2D eigenvalue weighted by Crippen LogP contribution is 2.29. The lowest BCUT2D eigenvalue weighted by Crippen LogP contribution is -2.53. The van der Waals surface area contributed by atoms with Crippen LogP contribution < -0.4 is 5.73 Å². The number of nitrogens with zero attached hydrogens (tertiary/aromatic N) is 1. The molecule has 1 heterocycles. The maximum atomic E-state index is 12.1. The molecule has 7 nitrogen and oxygen atoms in total. The fourth-order valence-electron chi connectivity index (χ4n) is 2.30. The average Bonchev–Trinajstić information content (AvgIpc) is 2.34. The third-order valence-corrected chi connectivity index (χ3v) is 4.62. The standard InChI is InChI=1S/C12H22N2O5S/c1-12(11(16)17)5-3-6-14(8-12)10(15)9(13)4-7-20(2,18)19/h9H,3-8,13H2,1-2H3,(H,16,17). The molecule has 0 aromatic carbocycles. The van der Waals surface area contributed by atoms with Gasteiger partial charge in [0.25, 0.3) is 0 Å². The Labute approximate surface area is 119 Å². The minimum absolute atomic E-state index is 0.0535. The predicted octanol–water partition coefficient (Wildman–Crippen LogP) is -0.538. The summed E-state index contributed by atoms with van der Waals surface area (Å²) in [5, 5.41) is 9.20. The van der Waals surface area contributed by atoms with E-state index in [0.29, 0.717) is 19.4 Å². The number of piperidine rings is 1. The number of rotatable bonds is 5. The fourth-order valence-corrected chi connectivity index (χ4v) is 2.98. The van der Waals surface area contributed by atoms with Crippen LogP contribution in [0, 0.1) is 5.41 Å². The first-order chi connectivity index (χ1) is 9.05. The van der Waals surface area contributed by atoms with Gasteiger partial charge in [0.2, 0.25) is 5.91 Å². The van der Waals surface area contributed by atoms with Gasteiger partial charge >= 0.3 is 5.97 Å². The van der Waals surface area contributed by atoms with Crippen molar-refractivity contribution in [3.8, 4) is 0 Å². The summed E-state index contributed by atoms with van der Waals surface area (Å²) in [5.41, 5.74) is 4.76. The van der Waals surface area contributed by atoms with Crippen LogP contribution in [0.25, 0.3) is 0 Å². The Kier molecular flexibility index (Phi) is 5.15. The summed E-state index contributed by atoms with van der Waals surface area (Å²) < 4.78 is 22.1. The van der Waals surface area contributed by atoms with Crippen molar-refractivity contribution in [3.05, 3.63) is 0 Å². The molecule has 20 heavy (non-hydrogen) atoms. The monoisotopic (exact) mass is 306 g/mol. The van der Waals surface area contributed by atoms with Crippen LogP contribution in [-0.4, -0.2) is 61.4 Å². The van der Waals surface area contributed by atoms with Crippen molar-refractivity contribution < 1.29 is 23.1 Å². The van der Waals surface area contributed by atoms with Gasteiger partial charge in [-0.25, -0.2) is 8.42 Å². The maximum absolute atomic E-state index is 12.1. The second kappa shape index (κ2) is 6.09. The highest BCUT2D eigenvalue weighted by atomic mass is 32.2. The van der Waals surface area contributed by atoms with Gasteiger partial charge < -0.3 is 15.7 Å². The quantitative estimate of drug-likeness (QED) is 0.704. The third-order valence-electron chi connectivity index (χ3n) is 3.64. The molecule has 1 fully saturated rings. The van der Waals surface area contributed by atoms with E-state index < -0.39 is 27.3 Å².